The number of carbonyl (C=O) groups excluding carboxylic acids is 2. The van der Waals surface area contributed by atoms with Crippen LogP contribution in [0, 0.1) is 28.1 Å². The molecule has 5 nitrogen and oxygen atoms in total. The molecule has 0 radical (unpaired) electrons. The summed E-state index contributed by atoms with van der Waals surface area (Å²) < 4.78 is 0. The molecule has 1 aromatic heterocycles. The molecule has 30 heavy (non-hydrogen) atoms. The minimum Gasteiger partial charge on any atom is -0.481 e. The fourth-order valence-corrected chi connectivity index (χ4v) is 7.30. The van der Waals surface area contributed by atoms with E-state index in [1.165, 1.54) is 5.57 Å². The fourth-order valence-electron chi connectivity index (χ4n) is 7.30. The Bertz CT molecular complexity index is 922. The number of pyridine rings is 1. The highest BCUT2D eigenvalue weighted by molar-refractivity contribution is 5.92. The second kappa shape index (κ2) is 7.14. The van der Waals surface area contributed by atoms with Gasteiger partial charge in [-0.05, 0) is 73.5 Å². The second-order valence-corrected chi connectivity index (χ2v) is 9.99. The van der Waals surface area contributed by atoms with Crippen molar-refractivity contribution in [2.75, 3.05) is 0 Å². The lowest BCUT2D eigenvalue weighted by molar-refractivity contribution is -0.170. The van der Waals surface area contributed by atoms with Crippen LogP contribution in [-0.2, 0) is 14.4 Å². The van der Waals surface area contributed by atoms with E-state index in [0.29, 0.717) is 19.3 Å². The van der Waals surface area contributed by atoms with Gasteiger partial charge in [0.05, 0.1) is 0 Å². The van der Waals surface area contributed by atoms with Crippen molar-refractivity contribution in [2.24, 2.45) is 28.1 Å². The van der Waals surface area contributed by atoms with Crippen LogP contribution in [0.1, 0.15) is 71.3 Å². The summed E-state index contributed by atoms with van der Waals surface area (Å²) in [4.78, 5) is 42.0. The normalized spacial score (nSPS) is 37.8. The molecule has 1 aromatic rings. The number of allylic oxidation sites excluding steroid dienone is 2. The maximum Gasteiger partial charge on any atom is 0.303 e. The molecule has 3 aliphatic carbocycles. The first-order chi connectivity index (χ1) is 14.2. The summed E-state index contributed by atoms with van der Waals surface area (Å²) in [6, 6.07) is 4.03. The van der Waals surface area contributed by atoms with E-state index in [2.05, 4.69) is 24.1 Å². The zero-order valence-corrected chi connectivity index (χ0v) is 18.1. The van der Waals surface area contributed by atoms with Crippen LogP contribution in [0.3, 0.4) is 0 Å². The molecule has 1 heterocycles. The number of hydrogen-bond donors (Lipinski definition) is 1. The highest BCUT2D eigenvalue weighted by atomic mass is 16.4. The summed E-state index contributed by atoms with van der Waals surface area (Å²) >= 11 is 0. The summed E-state index contributed by atoms with van der Waals surface area (Å²) in [5.41, 5.74) is 0.915. The summed E-state index contributed by atoms with van der Waals surface area (Å²) in [5.74, 6) is -0.549. The number of carboxylic acid groups (broad SMARTS) is 1. The van der Waals surface area contributed by atoms with Gasteiger partial charge in [-0.2, -0.15) is 0 Å². The summed E-state index contributed by atoms with van der Waals surface area (Å²) in [7, 11) is 0. The van der Waals surface area contributed by atoms with Gasteiger partial charge in [0.25, 0.3) is 0 Å². The Morgan fingerprint density at radius 1 is 1.23 bits per heavy atom. The second-order valence-electron chi connectivity index (χ2n) is 9.99. The molecule has 2 saturated carbocycles. The Hall–Kier alpha value is -2.30. The van der Waals surface area contributed by atoms with Crippen LogP contribution in [0.4, 0.5) is 0 Å². The number of Topliss-reactive ketones (excluding diaryl/α,β-unsaturated/α-hetero) is 2. The fraction of sp³-hybridized carbons (Fsp3) is 0.600. The number of carbonyl (C=O) groups is 3. The zero-order valence-electron chi connectivity index (χ0n) is 18.1. The van der Waals surface area contributed by atoms with Gasteiger partial charge in [0.2, 0.25) is 0 Å². The van der Waals surface area contributed by atoms with Gasteiger partial charge in [-0.15, -0.1) is 0 Å². The Morgan fingerprint density at radius 2 is 2.00 bits per heavy atom. The van der Waals surface area contributed by atoms with Gasteiger partial charge in [-0.25, -0.2) is 0 Å². The molecule has 1 N–H and O–H groups in total. The highest BCUT2D eigenvalue weighted by Gasteiger charge is 2.67. The summed E-state index contributed by atoms with van der Waals surface area (Å²) in [5, 5.41) is 9.27. The molecule has 0 aliphatic heterocycles. The molecule has 3 aliphatic rings. The van der Waals surface area contributed by atoms with Crippen molar-refractivity contribution in [3.8, 4) is 0 Å². The lowest BCUT2D eigenvalue weighted by Crippen LogP contribution is -2.61. The molecule has 160 valence electrons. The van der Waals surface area contributed by atoms with Gasteiger partial charge >= 0.3 is 5.97 Å². The molecule has 0 saturated heterocycles. The van der Waals surface area contributed by atoms with Crippen molar-refractivity contribution in [2.45, 2.75) is 65.7 Å². The number of nitrogens with zero attached hydrogens (tertiary/aromatic N) is 1. The third-order valence-electron chi connectivity index (χ3n) is 8.80. The molecular weight excluding hydrogens is 378 g/mol. The van der Waals surface area contributed by atoms with Gasteiger partial charge in [0, 0.05) is 36.1 Å². The molecule has 5 unspecified atom stereocenters. The number of aliphatic carboxylic acids is 1. The van der Waals surface area contributed by atoms with Gasteiger partial charge in [-0.3, -0.25) is 19.4 Å². The lowest BCUT2D eigenvalue weighted by atomic mass is 9.40. The topological polar surface area (TPSA) is 84.3 Å². The van der Waals surface area contributed by atoms with Crippen molar-refractivity contribution in [1.29, 1.82) is 0 Å². The third kappa shape index (κ3) is 2.81. The van der Waals surface area contributed by atoms with Gasteiger partial charge < -0.3 is 5.11 Å². The molecule has 0 aromatic carbocycles. The summed E-state index contributed by atoms with van der Waals surface area (Å²) in [6.45, 7) is 5.89. The van der Waals surface area contributed by atoms with E-state index in [9.17, 15) is 19.5 Å². The average Bonchev–Trinajstić information content (AvgIpc) is 3.07. The number of carboxylic acids is 1. The Balaban J connectivity index is 1.77. The quantitative estimate of drug-likeness (QED) is 0.761. The Labute approximate surface area is 178 Å². The predicted octanol–water partition coefficient (Wildman–Crippen LogP) is 4.71. The van der Waals surface area contributed by atoms with Crippen molar-refractivity contribution in [3.05, 3.63) is 36.2 Å². The smallest absolute Gasteiger partial charge is 0.303 e. The van der Waals surface area contributed by atoms with Crippen LogP contribution < -0.4 is 0 Å². The number of ketones is 2. The maximum absolute atomic E-state index is 13.4. The van der Waals surface area contributed by atoms with E-state index in [1.54, 1.807) is 13.1 Å². The first kappa shape index (κ1) is 21.0. The van der Waals surface area contributed by atoms with Crippen LogP contribution in [-0.4, -0.2) is 27.6 Å². The first-order valence-corrected chi connectivity index (χ1v) is 11.0. The van der Waals surface area contributed by atoms with Crippen molar-refractivity contribution in [1.82, 2.24) is 4.98 Å². The lowest BCUT2D eigenvalue weighted by Gasteiger charge is -2.61. The number of aromatic nitrogens is 1. The van der Waals surface area contributed by atoms with Gasteiger partial charge in [0.15, 0.2) is 0 Å². The Kier molecular flexibility index (Phi) is 4.99. The minimum absolute atomic E-state index is 0.0339. The van der Waals surface area contributed by atoms with Crippen LogP contribution in [0.25, 0.3) is 5.57 Å². The number of rotatable bonds is 5. The molecule has 0 amide bonds. The molecule has 5 atom stereocenters. The third-order valence-corrected chi connectivity index (χ3v) is 8.80. The molecule has 2 fully saturated rings. The molecular formula is C25H31NO4. The first-order valence-electron chi connectivity index (χ1n) is 11.0. The van der Waals surface area contributed by atoms with Crippen molar-refractivity contribution >= 4 is 23.1 Å². The van der Waals surface area contributed by atoms with E-state index in [-0.39, 0.29) is 35.2 Å². The SMILES string of the molecule is CC(=O)C12CCC(=O)C(C)(CCC(=O)O)C1CCC1(C)C(c3cccnc3)=CCC12. The summed E-state index contributed by atoms with van der Waals surface area (Å²) in [6.07, 6.45) is 9.66. The molecule has 0 spiro atoms. The van der Waals surface area contributed by atoms with Crippen LogP contribution in [0.5, 0.6) is 0 Å². The Morgan fingerprint density at radius 3 is 2.63 bits per heavy atom. The van der Waals surface area contributed by atoms with E-state index in [0.717, 1.165) is 24.8 Å². The van der Waals surface area contributed by atoms with E-state index < -0.39 is 16.8 Å². The average molecular weight is 410 g/mol. The van der Waals surface area contributed by atoms with Crippen LogP contribution in [0.2, 0.25) is 0 Å². The van der Waals surface area contributed by atoms with E-state index in [1.807, 2.05) is 19.2 Å². The zero-order chi connectivity index (χ0) is 21.7. The maximum atomic E-state index is 13.4. The standard InChI is InChI=1S/C25H31NO4/c1-16(27)25-13-9-21(28)24(3,12-10-22(29)30)20(25)8-11-23(2)18(6-7-19(23)25)17-5-4-14-26-15-17/h4-6,14-15,19-20H,7-13H2,1-3H3,(H,29,30). The van der Waals surface area contributed by atoms with Crippen molar-refractivity contribution < 1.29 is 19.5 Å². The molecule has 0 bridgehead atoms. The van der Waals surface area contributed by atoms with Crippen LogP contribution in [0.15, 0.2) is 30.6 Å². The number of fused-ring (bicyclic) bond motifs is 3. The van der Waals surface area contributed by atoms with E-state index in [4.69, 9.17) is 0 Å². The largest absolute Gasteiger partial charge is 0.481 e. The molecule has 4 rings (SSSR count). The van der Waals surface area contributed by atoms with Gasteiger partial charge in [-0.1, -0.05) is 26.0 Å². The predicted molar refractivity (Wildman–Crippen MR) is 113 cm³/mol. The number of hydrogen-bond acceptors (Lipinski definition) is 4. The van der Waals surface area contributed by atoms with Gasteiger partial charge in [0.1, 0.15) is 11.6 Å². The van der Waals surface area contributed by atoms with Crippen molar-refractivity contribution in [3.63, 3.8) is 0 Å². The highest BCUT2D eigenvalue weighted by Crippen LogP contribution is 2.70. The van der Waals surface area contributed by atoms with E-state index >= 15 is 0 Å². The minimum atomic E-state index is -0.884. The van der Waals surface area contributed by atoms with Crippen LogP contribution >= 0.6 is 0 Å². The molecule has 5 heteroatoms. The monoisotopic (exact) mass is 409 g/mol.